The van der Waals surface area contributed by atoms with Gasteiger partial charge in [0.05, 0.1) is 18.3 Å². The second kappa shape index (κ2) is 5.15. The molecular weight excluding hydrogens is 239 g/mol. The smallest absolute Gasteiger partial charge is 0.372 e. The van der Waals surface area contributed by atoms with Gasteiger partial charge in [0.2, 0.25) is 0 Å². The highest BCUT2D eigenvalue weighted by Crippen LogP contribution is 2.56. The van der Waals surface area contributed by atoms with E-state index < -0.39 is 6.95 Å². The van der Waals surface area contributed by atoms with Crippen LogP contribution in [0.3, 0.4) is 0 Å². The lowest BCUT2D eigenvalue weighted by Crippen LogP contribution is -2.27. The van der Waals surface area contributed by atoms with Crippen molar-refractivity contribution in [2.75, 3.05) is 7.11 Å². The fourth-order valence-corrected chi connectivity index (χ4v) is 2.74. The summed E-state index contributed by atoms with van der Waals surface area (Å²) in [6, 6.07) is 0. The van der Waals surface area contributed by atoms with Crippen LogP contribution in [0.5, 0.6) is 0 Å². The molecule has 0 saturated carbocycles. The summed E-state index contributed by atoms with van der Waals surface area (Å²) in [6.07, 6.45) is 0.582. The predicted octanol–water partition coefficient (Wildman–Crippen LogP) is 3.20. The third-order valence-electron chi connectivity index (χ3n) is 2.88. The van der Waals surface area contributed by atoms with Crippen LogP contribution in [0.1, 0.15) is 27.2 Å². The number of hydrogen-bond acceptors (Lipinski definition) is 4. The van der Waals surface area contributed by atoms with E-state index in [2.05, 4.69) is 4.52 Å². The number of halogens is 1. The van der Waals surface area contributed by atoms with Crippen LogP contribution in [0.25, 0.3) is 0 Å². The highest BCUT2D eigenvalue weighted by molar-refractivity contribution is 7.81. The molecule has 0 amide bonds. The SMILES string of the molecule is CCC1OC(C)C(C)C1OP(=O)(Cl)OC. The number of hydrogen-bond donors (Lipinski definition) is 0. The molecule has 15 heavy (non-hydrogen) atoms. The van der Waals surface area contributed by atoms with Crippen molar-refractivity contribution in [3.05, 3.63) is 0 Å². The molecule has 1 aliphatic heterocycles. The maximum atomic E-state index is 11.5. The van der Waals surface area contributed by atoms with Gasteiger partial charge in [0.1, 0.15) is 0 Å². The van der Waals surface area contributed by atoms with Gasteiger partial charge in [-0.2, -0.15) is 0 Å². The van der Waals surface area contributed by atoms with Gasteiger partial charge < -0.3 is 9.26 Å². The molecule has 1 rings (SSSR count). The van der Waals surface area contributed by atoms with Crippen molar-refractivity contribution in [2.24, 2.45) is 5.92 Å². The van der Waals surface area contributed by atoms with E-state index in [1.165, 1.54) is 7.11 Å². The van der Waals surface area contributed by atoms with Gasteiger partial charge >= 0.3 is 6.95 Å². The predicted molar refractivity (Wildman–Crippen MR) is 59.1 cm³/mol. The number of ether oxygens (including phenoxy) is 1. The van der Waals surface area contributed by atoms with Crippen molar-refractivity contribution in [2.45, 2.75) is 45.5 Å². The quantitative estimate of drug-likeness (QED) is 0.725. The summed E-state index contributed by atoms with van der Waals surface area (Å²) in [7, 11) is 1.28. The molecule has 0 radical (unpaired) electrons. The Labute approximate surface area is 95.6 Å². The monoisotopic (exact) mass is 256 g/mol. The Balaban J connectivity index is 2.70. The molecule has 1 fully saturated rings. The summed E-state index contributed by atoms with van der Waals surface area (Å²) in [4.78, 5) is 0. The molecule has 0 aromatic rings. The first-order valence-corrected chi connectivity index (χ1v) is 7.55. The molecule has 5 unspecified atom stereocenters. The summed E-state index contributed by atoms with van der Waals surface area (Å²) in [5, 5.41) is 0. The van der Waals surface area contributed by atoms with Gasteiger partial charge in [0, 0.05) is 24.3 Å². The van der Waals surface area contributed by atoms with Gasteiger partial charge in [-0.05, 0) is 13.3 Å². The Morgan fingerprint density at radius 3 is 2.53 bits per heavy atom. The summed E-state index contributed by atoms with van der Waals surface area (Å²) in [5.74, 6) is 0.164. The van der Waals surface area contributed by atoms with Crippen LogP contribution in [0.15, 0.2) is 0 Å². The van der Waals surface area contributed by atoms with E-state index in [0.29, 0.717) is 0 Å². The van der Waals surface area contributed by atoms with E-state index in [1.54, 1.807) is 0 Å². The third-order valence-corrected chi connectivity index (χ3v) is 4.47. The van der Waals surface area contributed by atoms with Gasteiger partial charge in [-0.3, -0.25) is 4.52 Å². The second-order valence-electron chi connectivity index (χ2n) is 3.83. The maximum Gasteiger partial charge on any atom is 0.424 e. The molecule has 0 spiro atoms. The molecule has 0 aromatic heterocycles. The van der Waals surface area contributed by atoms with E-state index in [4.69, 9.17) is 20.5 Å². The van der Waals surface area contributed by atoms with Crippen LogP contribution < -0.4 is 0 Å². The first-order valence-electron chi connectivity index (χ1n) is 5.10. The minimum Gasteiger partial charge on any atom is -0.372 e. The molecule has 6 heteroatoms. The van der Waals surface area contributed by atoms with Gasteiger partial charge in [-0.25, -0.2) is 4.57 Å². The van der Waals surface area contributed by atoms with E-state index in [-0.39, 0.29) is 24.2 Å². The van der Waals surface area contributed by atoms with Gasteiger partial charge in [-0.15, -0.1) is 0 Å². The molecule has 0 bridgehead atoms. The first kappa shape index (κ1) is 13.5. The standard InChI is InChI=1S/C9H18ClO4P/c1-5-8-9(6(2)7(3)13-8)14-15(10,11)12-4/h6-9H,5H2,1-4H3. The minimum absolute atomic E-state index is 0.0581. The fraction of sp³-hybridized carbons (Fsp3) is 1.00. The first-order chi connectivity index (χ1) is 6.91. The van der Waals surface area contributed by atoms with E-state index in [9.17, 15) is 4.57 Å². The largest absolute Gasteiger partial charge is 0.424 e. The Hall–Kier alpha value is 0.400. The summed E-state index contributed by atoms with van der Waals surface area (Å²) in [5.41, 5.74) is 0. The van der Waals surface area contributed by atoms with Crippen LogP contribution in [0.4, 0.5) is 0 Å². The number of rotatable bonds is 4. The highest BCUT2D eigenvalue weighted by Gasteiger charge is 2.43. The summed E-state index contributed by atoms with van der Waals surface area (Å²) < 4.78 is 27.1. The van der Waals surface area contributed by atoms with E-state index in [1.807, 2.05) is 20.8 Å². The molecule has 0 aromatic carbocycles. The van der Waals surface area contributed by atoms with Crippen molar-refractivity contribution < 1.29 is 18.3 Å². The second-order valence-corrected chi connectivity index (χ2v) is 6.51. The zero-order valence-corrected chi connectivity index (χ0v) is 11.1. The van der Waals surface area contributed by atoms with Crippen molar-refractivity contribution in [3.63, 3.8) is 0 Å². The van der Waals surface area contributed by atoms with Crippen LogP contribution in [-0.2, 0) is 18.3 Å². The molecule has 0 N–H and O–H groups in total. The summed E-state index contributed by atoms with van der Waals surface area (Å²) in [6.45, 7) is 2.53. The van der Waals surface area contributed by atoms with E-state index in [0.717, 1.165) is 6.42 Å². The zero-order chi connectivity index (χ0) is 11.6. The van der Waals surface area contributed by atoms with Crippen molar-refractivity contribution in [3.8, 4) is 0 Å². The molecule has 4 nitrogen and oxygen atoms in total. The van der Waals surface area contributed by atoms with Gasteiger partial charge in [0.15, 0.2) is 0 Å². The van der Waals surface area contributed by atoms with Gasteiger partial charge in [-0.1, -0.05) is 13.8 Å². The average Bonchev–Trinajstić information content (AvgIpc) is 2.45. The highest BCUT2D eigenvalue weighted by atomic mass is 35.7. The maximum absolute atomic E-state index is 11.5. The van der Waals surface area contributed by atoms with Crippen LogP contribution in [0.2, 0.25) is 0 Å². The average molecular weight is 257 g/mol. The lowest BCUT2D eigenvalue weighted by Gasteiger charge is -2.22. The van der Waals surface area contributed by atoms with E-state index >= 15 is 0 Å². The molecule has 1 aliphatic rings. The van der Waals surface area contributed by atoms with Crippen molar-refractivity contribution in [1.82, 2.24) is 0 Å². The molecule has 90 valence electrons. The van der Waals surface area contributed by atoms with Crippen molar-refractivity contribution >= 4 is 18.2 Å². The van der Waals surface area contributed by atoms with Gasteiger partial charge in [0.25, 0.3) is 0 Å². The topological polar surface area (TPSA) is 44.8 Å². The Bertz CT molecular complexity index is 260. The lowest BCUT2D eigenvalue weighted by atomic mass is 9.98. The van der Waals surface area contributed by atoms with Crippen LogP contribution in [0, 0.1) is 5.92 Å². The minimum atomic E-state index is -3.44. The molecular formula is C9H18ClO4P. The molecule has 0 aliphatic carbocycles. The van der Waals surface area contributed by atoms with Crippen LogP contribution >= 0.6 is 18.2 Å². The summed E-state index contributed by atoms with van der Waals surface area (Å²) >= 11 is 5.59. The van der Waals surface area contributed by atoms with Crippen LogP contribution in [-0.4, -0.2) is 25.4 Å². The third kappa shape index (κ3) is 3.18. The normalized spacial score (nSPS) is 40.3. The Morgan fingerprint density at radius 1 is 1.47 bits per heavy atom. The lowest BCUT2D eigenvalue weighted by molar-refractivity contribution is 0.0192. The fourth-order valence-electron chi connectivity index (χ4n) is 1.76. The molecule has 1 heterocycles. The Morgan fingerprint density at radius 2 is 2.07 bits per heavy atom. The van der Waals surface area contributed by atoms with Crippen molar-refractivity contribution in [1.29, 1.82) is 0 Å². The zero-order valence-electron chi connectivity index (χ0n) is 9.47. The molecule has 5 atom stereocenters. The molecule has 1 saturated heterocycles. The Kier molecular flexibility index (Phi) is 4.63.